The Morgan fingerprint density at radius 1 is 1.20 bits per heavy atom. The molecule has 2 rings (SSSR count). The molecule has 0 spiro atoms. The smallest absolute Gasteiger partial charge is 0.269 e. The number of alkyl halides is 1. The first-order valence-electron chi connectivity index (χ1n) is 6.12. The number of nitrogens with zero attached hydrogens (tertiary/aromatic N) is 2. The Kier molecular flexibility index (Phi) is 4.20. The van der Waals surface area contributed by atoms with Crippen LogP contribution in [0.1, 0.15) is 12.5 Å². The van der Waals surface area contributed by atoms with Crippen molar-refractivity contribution in [2.75, 3.05) is 0 Å². The number of hydrogen-bond acceptors (Lipinski definition) is 3. The van der Waals surface area contributed by atoms with Crippen molar-refractivity contribution in [2.24, 2.45) is 0 Å². The molecular formula is C14H13ClN2O3. The Balaban J connectivity index is 2.55. The van der Waals surface area contributed by atoms with Crippen molar-refractivity contribution in [3.63, 3.8) is 0 Å². The summed E-state index contributed by atoms with van der Waals surface area (Å²) in [5, 5.41) is 10.6. The van der Waals surface area contributed by atoms with Crippen LogP contribution in [-0.4, -0.2) is 9.49 Å². The van der Waals surface area contributed by atoms with Gasteiger partial charge in [0.05, 0.1) is 16.5 Å². The molecule has 1 aromatic carbocycles. The van der Waals surface area contributed by atoms with Crippen LogP contribution in [0.4, 0.5) is 5.69 Å². The highest BCUT2D eigenvalue weighted by atomic mass is 35.5. The largest absolute Gasteiger partial charge is 0.308 e. The first-order chi connectivity index (χ1) is 9.58. The van der Waals surface area contributed by atoms with Crippen LogP contribution in [0.25, 0.3) is 11.3 Å². The SMILES string of the molecule is CCn1c(-c2ccc([N+](=O)[O-])cc2)ccc(CCl)c1=O. The summed E-state index contributed by atoms with van der Waals surface area (Å²) in [5.74, 6) is 0.166. The monoisotopic (exact) mass is 292 g/mol. The van der Waals surface area contributed by atoms with Gasteiger partial charge in [-0.25, -0.2) is 0 Å². The van der Waals surface area contributed by atoms with Crippen molar-refractivity contribution >= 4 is 17.3 Å². The molecule has 0 aliphatic rings. The van der Waals surface area contributed by atoms with Gasteiger partial charge in [-0.1, -0.05) is 6.07 Å². The molecule has 1 aromatic heterocycles. The zero-order chi connectivity index (χ0) is 14.7. The van der Waals surface area contributed by atoms with Crippen molar-refractivity contribution in [3.8, 4) is 11.3 Å². The molecule has 0 saturated carbocycles. The lowest BCUT2D eigenvalue weighted by Crippen LogP contribution is -2.23. The van der Waals surface area contributed by atoms with E-state index in [1.165, 1.54) is 12.1 Å². The van der Waals surface area contributed by atoms with E-state index < -0.39 is 4.92 Å². The summed E-state index contributed by atoms with van der Waals surface area (Å²) in [6.45, 7) is 2.38. The lowest BCUT2D eigenvalue weighted by Gasteiger charge is -2.12. The Hall–Kier alpha value is -2.14. The van der Waals surface area contributed by atoms with E-state index in [0.29, 0.717) is 12.1 Å². The molecule has 0 bridgehead atoms. The van der Waals surface area contributed by atoms with Crippen LogP contribution in [0, 0.1) is 10.1 Å². The van der Waals surface area contributed by atoms with E-state index in [4.69, 9.17) is 11.6 Å². The molecule has 0 fully saturated rings. The van der Waals surface area contributed by atoms with E-state index in [2.05, 4.69) is 0 Å². The molecule has 20 heavy (non-hydrogen) atoms. The highest BCUT2D eigenvalue weighted by Crippen LogP contribution is 2.22. The quantitative estimate of drug-likeness (QED) is 0.494. The number of non-ortho nitro benzene ring substituents is 1. The third kappa shape index (κ3) is 2.58. The summed E-state index contributed by atoms with van der Waals surface area (Å²) in [5.41, 5.74) is 1.92. The van der Waals surface area contributed by atoms with Crippen molar-refractivity contribution < 1.29 is 4.92 Å². The van der Waals surface area contributed by atoms with Gasteiger partial charge < -0.3 is 4.57 Å². The van der Waals surface area contributed by atoms with Crippen molar-refractivity contribution in [1.82, 2.24) is 4.57 Å². The molecule has 5 nitrogen and oxygen atoms in total. The minimum Gasteiger partial charge on any atom is -0.308 e. The number of hydrogen-bond donors (Lipinski definition) is 0. The highest BCUT2D eigenvalue weighted by molar-refractivity contribution is 6.17. The molecule has 0 saturated heterocycles. The van der Waals surface area contributed by atoms with E-state index in [0.717, 1.165) is 11.3 Å². The fraction of sp³-hybridized carbons (Fsp3) is 0.214. The maximum absolute atomic E-state index is 12.2. The van der Waals surface area contributed by atoms with Crippen LogP contribution in [0.3, 0.4) is 0 Å². The number of nitro benzene ring substituents is 1. The van der Waals surface area contributed by atoms with Gasteiger partial charge in [0.1, 0.15) is 0 Å². The maximum Gasteiger partial charge on any atom is 0.269 e. The van der Waals surface area contributed by atoms with Gasteiger partial charge in [-0.15, -0.1) is 11.6 Å². The minimum absolute atomic E-state index is 0.0246. The summed E-state index contributed by atoms with van der Waals surface area (Å²) in [6, 6.07) is 9.63. The van der Waals surface area contributed by atoms with Gasteiger partial charge in [0.2, 0.25) is 0 Å². The molecule has 0 aliphatic heterocycles. The number of aromatic nitrogens is 1. The fourth-order valence-corrected chi connectivity index (χ4v) is 2.25. The number of benzene rings is 1. The molecule has 0 aliphatic carbocycles. The average molecular weight is 293 g/mol. The van der Waals surface area contributed by atoms with Crippen LogP contribution in [-0.2, 0) is 12.4 Å². The molecule has 0 amide bonds. The highest BCUT2D eigenvalue weighted by Gasteiger charge is 2.10. The van der Waals surface area contributed by atoms with Crippen LogP contribution < -0.4 is 5.56 Å². The predicted molar refractivity (Wildman–Crippen MR) is 78.0 cm³/mol. The molecule has 104 valence electrons. The fourth-order valence-electron chi connectivity index (χ4n) is 2.05. The molecular weight excluding hydrogens is 280 g/mol. The Morgan fingerprint density at radius 3 is 2.35 bits per heavy atom. The van der Waals surface area contributed by atoms with Gasteiger partial charge in [0.15, 0.2) is 0 Å². The van der Waals surface area contributed by atoms with Crippen LogP contribution in [0.2, 0.25) is 0 Å². The van der Waals surface area contributed by atoms with Crippen molar-refractivity contribution in [1.29, 1.82) is 0 Å². The first kappa shape index (κ1) is 14.3. The lowest BCUT2D eigenvalue weighted by atomic mass is 10.1. The minimum atomic E-state index is -0.451. The van der Waals surface area contributed by atoms with Crippen LogP contribution >= 0.6 is 11.6 Å². The molecule has 6 heteroatoms. The van der Waals surface area contributed by atoms with Crippen molar-refractivity contribution in [2.45, 2.75) is 19.3 Å². The molecule has 2 aromatic rings. The Bertz CT molecular complexity index is 693. The second-order valence-electron chi connectivity index (χ2n) is 4.23. The predicted octanol–water partition coefficient (Wildman–Crippen LogP) is 3.18. The molecule has 0 radical (unpaired) electrons. The summed E-state index contributed by atoms with van der Waals surface area (Å²) in [7, 11) is 0. The number of halogens is 1. The normalized spacial score (nSPS) is 10.5. The Labute approximate surface area is 120 Å². The van der Waals surface area contributed by atoms with Gasteiger partial charge in [-0.05, 0) is 30.7 Å². The number of pyridine rings is 1. The van der Waals surface area contributed by atoms with Gasteiger partial charge in [-0.2, -0.15) is 0 Å². The third-order valence-corrected chi connectivity index (χ3v) is 3.38. The zero-order valence-corrected chi connectivity index (χ0v) is 11.6. The second kappa shape index (κ2) is 5.88. The van der Waals surface area contributed by atoms with Gasteiger partial charge >= 0.3 is 0 Å². The lowest BCUT2D eigenvalue weighted by molar-refractivity contribution is -0.384. The van der Waals surface area contributed by atoms with E-state index in [9.17, 15) is 14.9 Å². The van der Waals surface area contributed by atoms with E-state index in [1.807, 2.05) is 13.0 Å². The molecule has 0 unspecified atom stereocenters. The standard InChI is InChI=1S/C14H13ClN2O3/c1-2-16-13(8-5-11(9-15)14(16)18)10-3-6-12(7-4-10)17(19)20/h3-8H,2,9H2,1H3. The summed E-state index contributed by atoms with van der Waals surface area (Å²) in [4.78, 5) is 22.4. The van der Waals surface area contributed by atoms with Gasteiger partial charge in [-0.3, -0.25) is 14.9 Å². The topological polar surface area (TPSA) is 65.1 Å². The molecule has 1 heterocycles. The summed E-state index contributed by atoms with van der Waals surface area (Å²) >= 11 is 5.73. The van der Waals surface area contributed by atoms with Crippen molar-refractivity contribution in [3.05, 3.63) is 62.4 Å². The number of nitro groups is 1. The second-order valence-corrected chi connectivity index (χ2v) is 4.50. The Morgan fingerprint density at radius 2 is 1.85 bits per heavy atom. The molecule has 0 N–H and O–H groups in total. The third-order valence-electron chi connectivity index (χ3n) is 3.09. The average Bonchev–Trinajstić information content (AvgIpc) is 2.47. The summed E-state index contributed by atoms with van der Waals surface area (Å²) in [6.07, 6.45) is 0. The maximum atomic E-state index is 12.2. The van der Waals surface area contributed by atoms with E-state index >= 15 is 0 Å². The first-order valence-corrected chi connectivity index (χ1v) is 6.65. The van der Waals surface area contributed by atoms with E-state index in [1.54, 1.807) is 22.8 Å². The number of rotatable bonds is 4. The zero-order valence-electron chi connectivity index (χ0n) is 10.9. The van der Waals surface area contributed by atoms with E-state index in [-0.39, 0.29) is 17.1 Å². The molecule has 0 atom stereocenters. The summed E-state index contributed by atoms with van der Waals surface area (Å²) < 4.78 is 1.61. The van der Waals surface area contributed by atoms with Crippen LogP contribution in [0.15, 0.2) is 41.2 Å². The van der Waals surface area contributed by atoms with Gasteiger partial charge in [0.25, 0.3) is 11.2 Å². The van der Waals surface area contributed by atoms with Crippen LogP contribution in [0.5, 0.6) is 0 Å². The van der Waals surface area contributed by atoms with Gasteiger partial charge in [0, 0.05) is 24.2 Å².